The van der Waals surface area contributed by atoms with Gasteiger partial charge >= 0.3 is 0 Å². The van der Waals surface area contributed by atoms with Crippen LogP contribution < -0.4 is 4.90 Å². The number of hydrogen-bond acceptors (Lipinski definition) is 2. The van der Waals surface area contributed by atoms with Gasteiger partial charge in [0.15, 0.2) is 0 Å². The summed E-state index contributed by atoms with van der Waals surface area (Å²) in [5.74, 6) is 1.02. The van der Waals surface area contributed by atoms with Gasteiger partial charge in [-0.05, 0) is 24.8 Å². The third kappa shape index (κ3) is 3.52. The van der Waals surface area contributed by atoms with Gasteiger partial charge in [-0.1, -0.05) is 13.0 Å². The molecule has 1 aromatic carbocycles. The summed E-state index contributed by atoms with van der Waals surface area (Å²) in [6, 6.07) is 5.55. The van der Waals surface area contributed by atoms with E-state index in [2.05, 4.69) is 18.1 Å². The minimum absolute atomic E-state index is 0.210. The molecule has 1 nitrogen and oxygen atoms in total. The Bertz CT molecular complexity index is 359. The van der Waals surface area contributed by atoms with Crippen molar-refractivity contribution in [3.8, 4) is 0 Å². The molecule has 0 bridgehead atoms. The molecule has 1 aromatic rings. The first kappa shape index (κ1) is 14.7. The smallest absolute Gasteiger partial charge is 0.129 e. The molecule has 0 heterocycles. The van der Waals surface area contributed by atoms with E-state index in [1.165, 1.54) is 6.07 Å². The van der Waals surface area contributed by atoms with Crippen molar-refractivity contribution < 1.29 is 4.39 Å². The van der Waals surface area contributed by atoms with Crippen molar-refractivity contribution in [3.05, 3.63) is 29.6 Å². The topological polar surface area (TPSA) is 3.24 Å². The molecule has 0 radical (unpaired) electrons. The summed E-state index contributed by atoms with van der Waals surface area (Å²) in [5.41, 5.74) is 1.50. The molecule has 0 spiro atoms. The molecule has 1 unspecified atom stereocenters. The van der Waals surface area contributed by atoms with Gasteiger partial charge in [0.1, 0.15) is 5.82 Å². The van der Waals surface area contributed by atoms with Crippen LogP contribution in [0.15, 0.2) is 18.2 Å². The fourth-order valence-electron chi connectivity index (χ4n) is 1.90. The second-order valence-corrected chi connectivity index (χ2v) is 5.18. The van der Waals surface area contributed by atoms with Crippen LogP contribution in [0.2, 0.25) is 0 Å². The normalized spacial score (nSPS) is 12.5. The highest BCUT2D eigenvalue weighted by Gasteiger charge is 2.17. The van der Waals surface area contributed by atoms with Crippen molar-refractivity contribution in [1.82, 2.24) is 0 Å². The molecule has 0 saturated carbocycles. The molecule has 4 heteroatoms. The Morgan fingerprint density at radius 3 is 2.71 bits per heavy atom. The quantitative estimate of drug-likeness (QED) is 0.718. The lowest BCUT2D eigenvalue weighted by Gasteiger charge is -2.30. The maximum Gasteiger partial charge on any atom is 0.129 e. The first-order valence-electron chi connectivity index (χ1n) is 5.70. The van der Waals surface area contributed by atoms with E-state index in [4.69, 9.17) is 11.6 Å². The lowest BCUT2D eigenvalue weighted by Crippen LogP contribution is -2.33. The molecule has 0 N–H and O–H groups in total. The third-order valence-electron chi connectivity index (χ3n) is 2.99. The zero-order chi connectivity index (χ0) is 12.8. The lowest BCUT2D eigenvalue weighted by molar-refractivity contribution is 0.611. The average molecular weight is 276 g/mol. The minimum Gasteiger partial charge on any atom is -0.370 e. The summed E-state index contributed by atoms with van der Waals surface area (Å²) in [5, 5.41) is 0. The fraction of sp³-hybridized carbons (Fsp3) is 0.538. The summed E-state index contributed by atoms with van der Waals surface area (Å²) >= 11 is 7.64. The standard InChI is InChI=1S/C13H19ClFNS/c1-4-10(9-17-3)16(2)13-7-5-6-12(15)11(13)8-14/h5-7,10H,4,8-9H2,1-3H3. The monoisotopic (exact) mass is 275 g/mol. The van der Waals surface area contributed by atoms with Crippen LogP contribution in [0.25, 0.3) is 0 Å². The van der Waals surface area contributed by atoms with Crippen molar-refractivity contribution in [3.63, 3.8) is 0 Å². The first-order valence-corrected chi connectivity index (χ1v) is 7.63. The highest BCUT2D eigenvalue weighted by Crippen LogP contribution is 2.26. The van der Waals surface area contributed by atoms with E-state index in [0.29, 0.717) is 11.6 Å². The van der Waals surface area contributed by atoms with Gasteiger partial charge in [0.2, 0.25) is 0 Å². The molecule has 0 amide bonds. The summed E-state index contributed by atoms with van der Waals surface area (Å²) in [4.78, 5) is 2.14. The van der Waals surface area contributed by atoms with E-state index in [9.17, 15) is 4.39 Å². The van der Waals surface area contributed by atoms with Crippen LogP contribution in [0.3, 0.4) is 0 Å². The molecule has 1 atom stereocenters. The fourth-order valence-corrected chi connectivity index (χ4v) is 3.01. The van der Waals surface area contributed by atoms with E-state index < -0.39 is 0 Å². The van der Waals surface area contributed by atoms with Gasteiger partial charge < -0.3 is 4.90 Å². The van der Waals surface area contributed by atoms with Crippen molar-refractivity contribution in [2.24, 2.45) is 0 Å². The Labute approximate surface area is 112 Å². The SMILES string of the molecule is CCC(CSC)N(C)c1cccc(F)c1CCl. The summed E-state index contributed by atoms with van der Waals surface area (Å²) in [7, 11) is 2.01. The van der Waals surface area contributed by atoms with E-state index >= 15 is 0 Å². The lowest BCUT2D eigenvalue weighted by atomic mass is 10.1. The Morgan fingerprint density at radius 2 is 2.18 bits per heavy atom. The Morgan fingerprint density at radius 1 is 1.47 bits per heavy atom. The van der Waals surface area contributed by atoms with Crippen LogP contribution in [0.1, 0.15) is 18.9 Å². The van der Waals surface area contributed by atoms with Crippen LogP contribution in [0, 0.1) is 5.82 Å². The number of hydrogen-bond donors (Lipinski definition) is 0. The van der Waals surface area contributed by atoms with E-state index in [1.54, 1.807) is 17.8 Å². The number of halogens is 2. The molecular weight excluding hydrogens is 257 g/mol. The molecule has 0 aromatic heterocycles. The van der Waals surface area contributed by atoms with Gasteiger partial charge in [0, 0.05) is 30.1 Å². The maximum atomic E-state index is 13.6. The second-order valence-electron chi connectivity index (χ2n) is 4.00. The largest absolute Gasteiger partial charge is 0.370 e. The average Bonchev–Trinajstić information content (AvgIpc) is 2.34. The Kier molecular flexibility index (Phi) is 6.14. The molecule has 0 aliphatic heterocycles. The van der Waals surface area contributed by atoms with Gasteiger partial charge in [-0.25, -0.2) is 4.39 Å². The number of rotatable bonds is 6. The van der Waals surface area contributed by atoms with Crippen molar-refractivity contribution in [2.45, 2.75) is 25.3 Å². The maximum absolute atomic E-state index is 13.6. The number of thioether (sulfide) groups is 1. The van der Waals surface area contributed by atoms with Crippen molar-refractivity contribution >= 4 is 29.1 Å². The van der Waals surface area contributed by atoms with Gasteiger partial charge in [-0.3, -0.25) is 0 Å². The van der Waals surface area contributed by atoms with Crippen LogP contribution in [0.5, 0.6) is 0 Å². The molecular formula is C13H19ClFNS. The molecule has 17 heavy (non-hydrogen) atoms. The second kappa shape index (κ2) is 7.12. The van der Waals surface area contributed by atoms with E-state index in [0.717, 1.165) is 17.9 Å². The number of benzene rings is 1. The van der Waals surface area contributed by atoms with Crippen LogP contribution >= 0.6 is 23.4 Å². The van der Waals surface area contributed by atoms with Gasteiger partial charge in [0.05, 0.1) is 5.88 Å². The Hall–Kier alpha value is -0.410. The molecule has 0 fully saturated rings. The third-order valence-corrected chi connectivity index (χ3v) is 3.97. The van der Waals surface area contributed by atoms with Gasteiger partial charge in [-0.15, -0.1) is 11.6 Å². The molecule has 0 aliphatic carbocycles. The van der Waals surface area contributed by atoms with Gasteiger partial charge in [0.25, 0.3) is 0 Å². The predicted molar refractivity (Wildman–Crippen MR) is 76.8 cm³/mol. The summed E-state index contributed by atoms with van der Waals surface area (Å²) < 4.78 is 13.6. The number of nitrogens with zero attached hydrogens (tertiary/aromatic N) is 1. The van der Waals surface area contributed by atoms with Gasteiger partial charge in [-0.2, -0.15) is 11.8 Å². The molecule has 1 rings (SSSR count). The highest BCUT2D eigenvalue weighted by atomic mass is 35.5. The van der Waals surface area contributed by atoms with Crippen LogP contribution in [0.4, 0.5) is 10.1 Å². The number of anilines is 1. The Balaban J connectivity index is 3.01. The zero-order valence-corrected chi connectivity index (χ0v) is 12.1. The number of alkyl halides is 1. The predicted octanol–water partition coefficient (Wildman–Crippen LogP) is 4.14. The molecule has 0 aliphatic rings. The zero-order valence-electron chi connectivity index (χ0n) is 10.5. The minimum atomic E-state index is -0.219. The van der Waals surface area contributed by atoms with Crippen molar-refractivity contribution in [2.75, 3.05) is 24.0 Å². The van der Waals surface area contributed by atoms with E-state index in [-0.39, 0.29) is 11.7 Å². The van der Waals surface area contributed by atoms with Crippen molar-refractivity contribution in [1.29, 1.82) is 0 Å². The highest BCUT2D eigenvalue weighted by molar-refractivity contribution is 7.98. The summed E-state index contributed by atoms with van der Waals surface area (Å²) in [6.45, 7) is 2.15. The first-order chi connectivity index (χ1) is 8.15. The van der Waals surface area contributed by atoms with E-state index in [1.807, 2.05) is 13.1 Å². The van der Waals surface area contributed by atoms with Crippen LogP contribution in [-0.2, 0) is 5.88 Å². The summed E-state index contributed by atoms with van der Waals surface area (Å²) in [6.07, 6.45) is 3.13. The molecule has 0 saturated heterocycles. The molecule has 96 valence electrons. The van der Waals surface area contributed by atoms with Crippen LogP contribution in [-0.4, -0.2) is 25.1 Å².